The second kappa shape index (κ2) is 4.52. The average Bonchev–Trinajstić information content (AvgIpc) is 2.52. The summed E-state index contributed by atoms with van der Waals surface area (Å²) in [5, 5.41) is 8.54. The Labute approximate surface area is 111 Å². The van der Waals surface area contributed by atoms with Gasteiger partial charge in [0.25, 0.3) is 15.9 Å². The summed E-state index contributed by atoms with van der Waals surface area (Å²) in [5.41, 5.74) is 1.38. The van der Waals surface area contributed by atoms with Gasteiger partial charge in [-0.1, -0.05) is 12.1 Å². The summed E-state index contributed by atoms with van der Waals surface area (Å²) in [5.74, 6) is -0.529. The number of benzene rings is 1. The quantitative estimate of drug-likeness (QED) is 0.769. The summed E-state index contributed by atoms with van der Waals surface area (Å²) < 4.78 is 25.4. The fourth-order valence-electron chi connectivity index (χ4n) is 2.02. The smallest absolute Gasteiger partial charge is 0.268 e. The van der Waals surface area contributed by atoms with Crippen LogP contribution in [0, 0.1) is 18.3 Å². The second-order valence-corrected chi connectivity index (χ2v) is 6.22. The van der Waals surface area contributed by atoms with E-state index in [0.717, 1.165) is 4.31 Å². The van der Waals surface area contributed by atoms with E-state index in [2.05, 4.69) is 0 Å². The highest BCUT2D eigenvalue weighted by molar-refractivity contribution is 7.90. The fraction of sp³-hybridized carbons (Fsp3) is 0.231. The molecule has 0 radical (unpaired) electrons. The number of nitriles is 1. The van der Waals surface area contributed by atoms with Gasteiger partial charge in [-0.2, -0.15) is 5.26 Å². The van der Waals surface area contributed by atoms with Crippen molar-refractivity contribution in [2.75, 3.05) is 6.54 Å². The normalized spacial score (nSPS) is 17.2. The van der Waals surface area contributed by atoms with Crippen molar-refractivity contribution in [3.63, 3.8) is 0 Å². The molecule has 0 N–H and O–H groups in total. The maximum absolute atomic E-state index is 12.3. The Morgan fingerprint density at radius 2 is 2.16 bits per heavy atom. The zero-order chi connectivity index (χ0) is 14.2. The van der Waals surface area contributed by atoms with Crippen molar-refractivity contribution >= 4 is 15.9 Å². The van der Waals surface area contributed by atoms with Crippen LogP contribution in [0.5, 0.6) is 0 Å². The molecule has 1 aromatic rings. The van der Waals surface area contributed by atoms with Crippen LogP contribution in [0.2, 0.25) is 0 Å². The van der Waals surface area contributed by atoms with Crippen molar-refractivity contribution in [2.45, 2.75) is 18.7 Å². The first-order valence-electron chi connectivity index (χ1n) is 5.61. The number of hydrogen-bond acceptors (Lipinski definition) is 4. The molecule has 0 aliphatic carbocycles. The van der Waals surface area contributed by atoms with E-state index in [1.807, 2.05) is 6.07 Å². The largest absolute Gasteiger partial charge is 0.269 e. The lowest BCUT2D eigenvalue weighted by Gasteiger charge is -2.14. The second-order valence-electron chi connectivity index (χ2n) is 4.38. The molecular weight excluding hydrogens is 264 g/mol. The van der Waals surface area contributed by atoms with Crippen LogP contribution in [0.3, 0.4) is 0 Å². The summed E-state index contributed by atoms with van der Waals surface area (Å²) in [4.78, 5) is 12.3. The van der Waals surface area contributed by atoms with E-state index < -0.39 is 15.9 Å². The molecule has 98 valence electrons. The molecule has 1 amide bonds. The molecule has 5 nitrogen and oxygen atoms in total. The van der Waals surface area contributed by atoms with Crippen molar-refractivity contribution in [3.05, 3.63) is 41.0 Å². The van der Waals surface area contributed by atoms with E-state index >= 15 is 0 Å². The van der Waals surface area contributed by atoms with Crippen LogP contribution < -0.4 is 0 Å². The van der Waals surface area contributed by atoms with Gasteiger partial charge < -0.3 is 0 Å². The lowest BCUT2D eigenvalue weighted by molar-refractivity contribution is 0.0878. The van der Waals surface area contributed by atoms with E-state index in [1.54, 1.807) is 26.0 Å². The lowest BCUT2D eigenvalue weighted by atomic mass is 10.1. The maximum Gasteiger partial charge on any atom is 0.269 e. The van der Waals surface area contributed by atoms with Gasteiger partial charge in [0.1, 0.15) is 4.90 Å². The van der Waals surface area contributed by atoms with Gasteiger partial charge in [0.05, 0.1) is 18.2 Å². The summed E-state index contributed by atoms with van der Waals surface area (Å²) in [6.07, 6.45) is 1.23. The third-order valence-electron chi connectivity index (χ3n) is 2.95. The molecule has 0 unspecified atom stereocenters. The number of hydrogen-bond donors (Lipinski definition) is 0. The molecule has 0 fully saturated rings. The van der Waals surface area contributed by atoms with Crippen LogP contribution in [-0.2, 0) is 10.0 Å². The van der Waals surface area contributed by atoms with Crippen LogP contribution in [0.25, 0.3) is 0 Å². The molecule has 0 aromatic heterocycles. The van der Waals surface area contributed by atoms with Gasteiger partial charge in [0.15, 0.2) is 0 Å². The number of carbonyl (C=O) groups excluding carboxylic acids is 1. The lowest BCUT2D eigenvalue weighted by Crippen LogP contribution is -2.31. The monoisotopic (exact) mass is 276 g/mol. The molecule has 19 heavy (non-hydrogen) atoms. The van der Waals surface area contributed by atoms with E-state index in [0.29, 0.717) is 11.1 Å². The van der Waals surface area contributed by atoms with E-state index in [4.69, 9.17) is 5.26 Å². The molecule has 0 saturated heterocycles. The molecule has 1 heterocycles. The Morgan fingerprint density at radius 3 is 2.74 bits per heavy atom. The Hall–Kier alpha value is -2.13. The minimum atomic E-state index is -3.80. The SMILES string of the molecule is C/C(=C\C#N)CN1C(=O)c2c(C)cccc2S1(=O)=O. The number of aryl methyl sites for hydroxylation is 1. The van der Waals surface area contributed by atoms with E-state index in [1.165, 1.54) is 12.1 Å². The van der Waals surface area contributed by atoms with Gasteiger partial charge in [-0.05, 0) is 31.1 Å². The first kappa shape index (κ1) is 13.3. The third kappa shape index (κ3) is 2.02. The number of amides is 1. The Balaban J connectivity index is 2.54. The molecule has 0 atom stereocenters. The number of allylic oxidation sites excluding steroid dienone is 1. The predicted molar refractivity (Wildman–Crippen MR) is 68.8 cm³/mol. The number of carbonyl (C=O) groups is 1. The van der Waals surface area contributed by atoms with Gasteiger partial charge in [-0.25, -0.2) is 12.7 Å². The van der Waals surface area contributed by atoms with Crippen LogP contribution in [0.1, 0.15) is 22.8 Å². The highest BCUT2D eigenvalue weighted by Crippen LogP contribution is 2.32. The first-order chi connectivity index (χ1) is 8.89. The molecule has 1 aliphatic heterocycles. The van der Waals surface area contributed by atoms with Crippen LogP contribution in [0.15, 0.2) is 34.7 Å². The highest BCUT2D eigenvalue weighted by atomic mass is 32.2. The number of sulfonamides is 1. The fourth-order valence-corrected chi connectivity index (χ4v) is 3.70. The van der Waals surface area contributed by atoms with Crippen LogP contribution in [0.4, 0.5) is 0 Å². The van der Waals surface area contributed by atoms with Gasteiger partial charge in [-0.3, -0.25) is 4.79 Å². The van der Waals surface area contributed by atoms with Crippen molar-refractivity contribution in [1.29, 1.82) is 5.26 Å². The summed E-state index contributed by atoms with van der Waals surface area (Å²) in [7, 11) is -3.80. The van der Waals surface area contributed by atoms with Gasteiger partial charge >= 0.3 is 0 Å². The van der Waals surface area contributed by atoms with Crippen molar-refractivity contribution in [2.24, 2.45) is 0 Å². The van der Waals surface area contributed by atoms with Crippen LogP contribution >= 0.6 is 0 Å². The molecule has 0 spiro atoms. The average molecular weight is 276 g/mol. The standard InChI is InChI=1S/C13H12N2O3S/c1-9(6-7-14)8-15-13(16)12-10(2)4-3-5-11(12)19(15,17)18/h3-6H,8H2,1-2H3/b9-6+. The zero-order valence-electron chi connectivity index (χ0n) is 10.5. The van der Waals surface area contributed by atoms with Gasteiger partial charge in [0.2, 0.25) is 0 Å². The maximum atomic E-state index is 12.3. The molecule has 2 rings (SSSR count). The minimum absolute atomic E-state index is 0.0438. The highest BCUT2D eigenvalue weighted by Gasteiger charge is 2.41. The molecule has 1 aromatic carbocycles. The Bertz CT molecular complexity index is 727. The first-order valence-corrected chi connectivity index (χ1v) is 7.05. The predicted octanol–water partition coefficient (Wildman–Crippen LogP) is 1.61. The summed E-state index contributed by atoms with van der Waals surface area (Å²) in [6, 6.07) is 6.56. The zero-order valence-corrected chi connectivity index (χ0v) is 11.4. The number of rotatable bonds is 2. The van der Waals surface area contributed by atoms with E-state index in [9.17, 15) is 13.2 Å². The van der Waals surface area contributed by atoms with Crippen molar-refractivity contribution in [3.8, 4) is 6.07 Å². The van der Waals surface area contributed by atoms with Gasteiger partial charge in [-0.15, -0.1) is 0 Å². The molecular formula is C13H12N2O3S. The topological polar surface area (TPSA) is 78.2 Å². The third-order valence-corrected chi connectivity index (χ3v) is 4.72. The molecule has 0 saturated carbocycles. The van der Waals surface area contributed by atoms with Crippen molar-refractivity contribution < 1.29 is 13.2 Å². The molecule has 6 heteroatoms. The Kier molecular flexibility index (Phi) is 3.16. The van der Waals surface area contributed by atoms with Crippen LogP contribution in [-0.4, -0.2) is 25.2 Å². The Morgan fingerprint density at radius 1 is 1.47 bits per heavy atom. The minimum Gasteiger partial charge on any atom is -0.268 e. The van der Waals surface area contributed by atoms with E-state index in [-0.39, 0.29) is 17.0 Å². The summed E-state index contributed by atoms with van der Waals surface area (Å²) >= 11 is 0. The number of fused-ring (bicyclic) bond motifs is 1. The molecule has 0 bridgehead atoms. The molecule has 1 aliphatic rings. The van der Waals surface area contributed by atoms with Gasteiger partial charge in [0, 0.05) is 6.08 Å². The summed E-state index contributed by atoms with van der Waals surface area (Å²) in [6.45, 7) is 3.22. The number of nitrogens with zero attached hydrogens (tertiary/aromatic N) is 2. The van der Waals surface area contributed by atoms with Crippen molar-refractivity contribution in [1.82, 2.24) is 4.31 Å².